The van der Waals surface area contributed by atoms with Crippen LogP contribution in [-0.4, -0.2) is 51.2 Å². The Morgan fingerprint density at radius 3 is 2.41 bits per heavy atom. The van der Waals surface area contributed by atoms with Gasteiger partial charge in [-0.05, 0) is 12.1 Å². The summed E-state index contributed by atoms with van der Waals surface area (Å²) in [6.45, 7) is 0.147. The minimum atomic E-state index is -2.98. The number of carbonyl (C=O) groups excluding carboxylic acids is 2. The molecular formula is C20H23N2O4S+. The van der Waals surface area contributed by atoms with Crippen LogP contribution >= 0.6 is 0 Å². The molecule has 1 aliphatic rings. The van der Waals surface area contributed by atoms with Gasteiger partial charge in [-0.1, -0.05) is 42.5 Å². The van der Waals surface area contributed by atoms with Crippen molar-refractivity contribution in [3.8, 4) is 0 Å². The fourth-order valence-corrected chi connectivity index (χ4v) is 5.19. The van der Waals surface area contributed by atoms with Gasteiger partial charge in [0.2, 0.25) is 0 Å². The number of likely N-dealkylation sites (N-methyl/N-ethyl adjacent to an activating group) is 1. The molecule has 2 aromatic carbocycles. The van der Waals surface area contributed by atoms with Gasteiger partial charge in [0.15, 0.2) is 22.2 Å². The predicted molar refractivity (Wildman–Crippen MR) is 104 cm³/mol. The van der Waals surface area contributed by atoms with Gasteiger partial charge < -0.3 is 10.2 Å². The minimum absolute atomic E-state index is 0.0676. The normalized spacial score (nSPS) is 19.4. The van der Waals surface area contributed by atoms with Crippen molar-refractivity contribution in [2.24, 2.45) is 0 Å². The summed E-state index contributed by atoms with van der Waals surface area (Å²) in [5, 5.41) is 2.81. The lowest BCUT2D eigenvalue weighted by molar-refractivity contribution is -0.894. The van der Waals surface area contributed by atoms with Crippen molar-refractivity contribution in [2.45, 2.75) is 12.5 Å². The maximum Gasteiger partial charge on any atom is 0.279 e. The summed E-state index contributed by atoms with van der Waals surface area (Å²) in [6.07, 6.45) is 0.574. The topological polar surface area (TPSA) is 84.8 Å². The van der Waals surface area contributed by atoms with E-state index in [-0.39, 0.29) is 35.8 Å². The Bertz CT molecular complexity index is 941. The molecule has 6 nitrogen and oxygen atoms in total. The number of amides is 1. The molecule has 2 aromatic rings. The zero-order valence-corrected chi connectivity index (χ0v) is 16.0. The van der Waals surface area contributed by atoms with E-state index in [2.05, 4.69) is 5.32 Å². The molecule has 142 valence electrons. The quantitative estimate of drug-likeness (QED) is 0.710. The fraction of sp³-hybridized carbons (Fsp3) is 0.300. The van der Waals surface area contributed by atoms with Crippen molar-refractivity contribution in [1.82, 2.24) is 0 Å². The van der Waals surface area contributed by atoms with Crippen molar-refractivity contribution >= 4 is 27.2 Å². The van der Waals surface area contributed by atoms with Crippen LogP contribution in [-0.2, 0) is 14.6 Å². The zero-order valence-electron chi connectivity index (χ0n) is 15.1. The number of sulfone groups is 1. The molecule has 0 saturated carbocycles. The second kappa shape index (κ2) is 8.02. The van der Waals surface area contributed by atoms with Crippen LogP contribution in [0.2, 0.25) is 0 Å². The average molecular weight is 387 g/mol. The Morgan fingerprint density at radius 1 is 1.07 bits per heavy atom. The summed E-state index contributed by atoms with van der Waals surface area (Å²) in [4.78, 5) is 26.0. The average Bonchev–Trinajstić information content (AvgIpc) is 3.02. The Morgan fingerprint density at radius 2 is 1.74 bits per heavy atom. The molecule has 0 aromatic heterocycles. The first-order valence-electron chi connectivity index (χ1n) is 8.87. The molecule has 7 heteroatoms. The molecular weight excluding hydrogens is 364 g/mol. The van der Waals surface area contributed by atoms with E-state index >= 15 is 0 Å². The Labute approximate surface area is 159 Å². The highest BCUT2D eigenvalue weighted by Crippen LogP contribution is 2.19. The third-order valence-corrected chi connectivity index (χ3v) is 6.62. The van der Waals surface area contributed by atoms with Gasteiger partial charge in [-0.3, -0.25) is 9.59 Å². The summed E-state index contributed by atoms with van der Waals surface area (Å²) in [6, 6.07) is 15.7. The van der Waals surface area contributed by atoms with Crippen LogP contribution in [0, 0.1) is 0 Å². The smallest absolute Gasteiger partial charge is 0.279 e. The second-order valence-corrected chi connectivity index (χ2v) is 9.14. The van der Waals surface area contributed by atoms with Crippen LogP contribution in [0.15, 0.2) is 54.6 Å². The number of rotatable bonds is 6. The van der Waals surface area contributed by atoms with Crippen LogP contribution in [0.5, 0.6) is 0 Å². The lowest BCUT2D eigenvalue weighted by atomic mass is 10.0. The molecule has 0 bridgehead atoms. The van der Waals surface area contributed by atoms with Gasteiger partial charge in [0.1, 0.15) is 11.8 Å². The first kappa shape index (κ1) is 19.3. The summed E-state index contributed by atoms with van der Waals surface area (Å²) in [5.41, 5.74) is 1.44. The molecule has 0 radical (unpaired) electrons. The van der Waals surface area contributed by atoms with Crippen LogP contribution in [0.3, 0.4) is 0 Å². The van der Waals surface area contributed by atoms with E-state index in [4.69, 9.17) is 0 Å². The summed E-state index contributed by atoms with van der Waals surface area (Å²) in [5.74, 6) is -0.0977. The van der Waals surface area contributed by atoms with E-state index in [1.165, 1.54) is 0 Å². The molecule has 1 heterocycles. The van der Waals surface area contributed by atoms with E-state index in [9.17, 15) is 18.0 Å². The lowest BCUT2D eigenvalue weighted by Gasteiger charge is -2.19. The number of para-hydroxylation sites is 1. The second-order valence-electron chi connectivity index (χ2n) is 6.91. The number of hydrogen-bond acceptors (Lipinski definition) is 4. The fourth-order valence-electron chi connectivity index (χ4n) is 3.31. The van der Waals surface area contributed by atoms with E-state index < -0.39 is 9.84 Å². The molecule has 0 aliphatic carbocycles. The first-order valence-corrected chi connectivity index (χ1v) is 10.7. The van der Waals surface area contributed by atoms with E-state index in [0.717, 1.165) is 4.90 Å². The molecule has 27 heavy (non-hydrogen) atoms. The van der Waals surface area contributed by atoms with Gasteiger partial charge in [-0.15, -0.1) is 0 Å². The van der Waals surface area contributed by atoms with E-state index in [1.807, 2.05) is 13.1 Å². The number of nitrogens with one attached hydrogen (secondary N) is 2. The van der Waals surface area contributed by atoms with E-state index in [1.54, 1.807) is 48.5 Å². The number of carbonyl (C=O) groups is 2. The lowest BCUT2D eigenvalue weighted by Crippen LogP contribution is -3.14. The summed E-state index contributed by atoms with van der Waals surface area (Å²) >= 11 is 0. The van der Waals surface area contributed by atoms with Gasteiger partial charge in [0.05, 0.1) is 18.5 Å². The van der Waals surface area contributed by atoms with Crippen LogP contribution in [0.4, 0.5) is 5.69 Å². The van der Waals surface area contributed by atoms with Gasteiger partial charge >= 0.3 is 0 Å². The maximum absolute atomic E-state index is 12.7. The standard InChI is InChI=1S/C20H22N2O4S/c1-22(16-11-12-27(25,26)14-16)13-19(23)21-18-10-6-5-9-17(18)20(24)15-7-3-2-4-8-15/h2-10,16H,11-14H2,1H3,(H,21,23)/p+1/t16-/m0/s1. The maximum atomic E-state index is 12.7. The van der Waals surface area contributed by atoms with Gasteiger partial charge in [0.25, 0.3) is 5.91 Å². The zero-order chi connectivity index (χ0) is 19.4. The van der Waals surface area contributed by atoms with Crippen LogP contribution in [0.1, 0.15) is 22.3 Å². The molecule has 1 aliphatic heterocycles. The van der Waals surface area contributed by atoms with Crippen molar-refractivity contribution in [3.05, 3.63) is 65.7 Å². The highest BCUT2D eigenvalue weighted by Gasteiger charge is 2.34. The Kier molecular flexibility index (Phi) is 5.72. The first-order chi connectivity index (χ1) is 12.9. The highest BCUT2D eigenvalue weighted by atomic mass is 32.2. The monoisotopic (exact) mass is 387 g/mol. The van der Waals surface area contributed by atoms with Crippen molar-refractivity contribution in [3.63, 3.8) is 0 Å². The van der Waals surface area contributed by atoms with Crippen molar-refractivity contribution in [2.75, 3.05) is 30.4 Å². The minimum Gasteiger partial charge on any atom is -0.326 e. The Balaban J connectivity index is 1.69. The third-order valence-electron chi connectivity index (χ3n) is 4.85. The highest BCUT2D eigenvalue weighted by molar-refractivity contribution is 7.91. The SMILES string of the molecule is C[NH+](CC(=O)Nc1ccccc1C(=O)c1ccccc1)[C@H]1CCS(=O)(=O)C1. The van der Waals surface area contributed by atoms with E-state index in [0.29, 0.717) is 23.2 Å². The summed E-state index contributed by atoms with van der Waals surface area (Å²) < 4.78 is 23.3. The molecule has 1 unspecified atom stereocenters. The summed E-state index contributed by atoms with van der Waals surface area (Å²) in [7, 11) is -1.16. The number of quaternary nitrogens is 1. The number of anilines is 1. The third kappa shape index (κ3) is 4.81. The number of benzene rings is 2. The molecule has 0 spiro atoms. The van der Waals surface area contributed by atoms with Gasteiger partial charge in [-0.2, -0.15) is 0 Å². The molecule has 3 rings (SSSR count). The van der Waals surface area contributed by atoms with Crippen LogP contribution < -0.4 is 10.2 Å². The Hall–Kier alpha value is -2.51. The predicted octanol–water partition coefficient (Wildman–Crippen LogP) is 0.558. The van der Waals surface area contributed by atoms with Crippen LogP contribution in [0.25, 0.3) is 0 Å². The number of ketones is 1. The molecule has 2 atom stereocenters. The molecule has 2 N–H and O–H groups in total. The van der Waals surface area contributed by atoms with Gasteiger partial charge in [-0.25, -0.2) is 8.42 Å². The largest absolute Gasteiger partial charge is 0.326 e. The van der Waals surface area contributed by atoms with Crippen molar-refractivity contribution < 1.29 is 22.9 Å². The van der Waals surface area contributed by atoms with Gasteiger partial charge in [0, 0.05) is 17.5 Å². The molecule has 1 saturated heterocycles. The molecule has 1 fully saturated rings. The number of hydrogen-bond donors (Lipinski definition) is 2. The molecule has 1 amide bonds. The van der Waals surface area contributed by atoms with Crippen molar-refractivity contribution in [1.29, 1.82) is 0 Å².